The van der Waals surface area contributed by atoms with E-state index >= 15 is 0 Å². The van der Waals surface area contributed by atoms with Gasteiger partial charge in [0.2, 0.25) is 0 Å². The highest BCUT2D eigenvalue weighted by molar-refractivity contribution is 6.33. The number of nitrogens with zero attached hydrogens (tertiary/aromatic N) is 3. The first kappa shape index (κ1) is 27.1. The zero-order chi connectivity index (χ0) is 25.8. The minimum atomic E-state index is -4.43. The van der Waals surface area contributed by atoms with E-state index in [1.54, 1.807) is 37.3 Å². The number of rotatable bonds is 5. The summed E-state index contributed by atoms with van der Waals surface area (Å²) in [4.78, 5) is 2.11. The molecular weight excluding hydrogens is 482 g/mol. The summed E-state index contributed by atoms with van der Waals surface area (Å²) in [5.74, 6) is -0.387. The Morgan fingerprint density at radius 3 is 2.23 bits per heavy atom. The molecule has 2 aromatic carbocycles. The van der Waals surface area contributed by atoms with Crippen LogP contribution in [0.4, 0.5) is 28.9 Å². The Morgan fingerprint density at radius 1 is 1.06 bits per heavy atom. The van der Waals surface area contributed by atoms with E-state index < -0.39 is 17.8 Å². The lowest BCUT2D eigenvalue weighted by Crippen LogP contribution is -2.38. The fourth-order valence-corrected chi connectivity index (χ4v) is 4.87. The first-order chi connectivity index (χ1) is 16.7. The quantitative estimate of drug-likeness (QED) is 0.383. The van der Waals surface area contributed by atoms with Crippen molar-refractivity contribution in [1.82, 2.24) is 0 Å². The molecule has 0 spiro atoms. The van der Waals surface area contributed by atoms with Crippen LogP contribution >= 0.6 is 11.6 Å². The molecule has 9 heteroatoms. The van der Waals surface area contributed by atoms with Gasteiger partial charge < -0.3 is 9.64 Å². The highest BCUT2D eigenvalue weighted by Gasteiger charge is 2.47. The van der Waals surface area contributed by atoms with Crippen LogP contribution in [0.25, 0.3) is 0 Å². The third-order valence-corrected chi connectivity index (χ3v) is 6.65. The summed E-state index contributed by atoms with van der Waals surface area (Å²) in [6.07, 6.45) is -2.32. The SMILES string of the molecule is CC.CC[C@H]1C(C)C(C(F)(F)F)=NN1c1ccc(OC2CCN(c3ccc(F)cc3Cl)CC2)cc1. The predicted molar refractivity (Wildman–Crippen MR) is 134 cm³/mol. The third kappa shape index (κ3) is 6.21. The second-order valence-electron chi connectivity index (χ2n) is 8.49. The van der Waals surface area contributed by atoms with Crippen LogP contribution in [0, 0.1) is 11.7 Å². The van der Waals surface area contributed by atoms with E-state index in [4.69, 9.17) is 16.3 Å². The first-order valence-electron chi connectivity index (χ1n) is 12.1. The van der Waals surface area contributed by atoms with E-state index in [0.717, 1.165) is 31.6 Å². The van der Waals surface area contributed by atoms with Gasteiger partial charge in [0.1, 0.15) is 23.4 Å². The van der Waals surface area contributed by atoms with Crippen LogP contribution < -0.4 is 14.6 Å². The van der Waals surface area contributed by atoms with Crippen molar-refractivity contribution < 1.29 is 22.3 Å². The van der Waals surface area contributed by atoms with Crippen molar-refractivity contribution in [2.24, 2.45) is 11.0 Å². The highest BCUT2D eigenvalue weighted by Crippen LogP contribution is 2.37. The van der Waals surface area contributed by atoms with E-state index in [-0.39, 0.29) is 18.0 Å². The molecule has 35 heavy (non-hydrogen) atoms. The minimum absolute atomic E-state index is 0.0105. The topological polar surface area (TPSA) is 28.1 Å². The van der Waals surface area contributed by atoms with Crippen molar-refractivity contribution >= 4 is 28.7 Å². The number of hydrazone groups is 1. The molecule has 2 aliphatic rings. The van der Waals surface area contributed by atoms with E-state index in [1.165, 1.54) is 17.1 Å². The molecule has 4 rings (SSSR count). The summed E-state index contributed by atoms with van der Waals surface area (Å²) in [6.45, 7) is 8.90. The molecule has 0 N–H and O–H groups in total. The molecule has 0 radical (unpaired) electrons. The fraction of sp³-hybridized carbons (Fsp3) is 0.500. The van der Waals surface area contributed by atoms with Crippen molar-refractivity contribution in [3.63, 3.8) is 0 Å². The second kappa shape index (κ2) is 11.5. The van der Waals surface area contributed by atoms with Crippen LogP contribution in [0.3, 0.4) is 0 Å². The maximum absolute atomic E-state index is 13.3. The second-order valence-corrected chi connectivity index (χ2v) is 8.89. The molecule has 0 aliphatic carbocycles. The predicted octanol–water partition coefficient (Wildman–Crippen LogP) is 7.71. The first-order valence-corrected chi connectivity index (χ1v) is 12.5. The Bertz CT molecular complexity index is 1000. The van der Waals surface area contributed by atoms with Gasteiger partial charge >= 0.3 is 6.18 Å². The van der Waals surface area contributed by atoms with E-state index in [1.807, 2.05) is 20.8 Å². The van der Waals surface area contributed by atoms with Gasteiger partial charge in [-0.25, -0.2) is 4.39 Å². The van der Waals surface area contributed by atoms with Gasteiger partial charge in [-0.2, -0.15) is 18.3 Å². The molecule has 4 nitrogen and oxygen atoms in total. The maximum atomic E-state index is 13.3. The summed E-state index contributed by atoms with van der Waals surface area (Å²) < 4.78 is 59.3. The average Bonchev–Trinajstić information content (AvgIpc) is 3.18. The molecule has 0 bridgehead atoms. The van der Waals surface area contributed by atoms with Crippen LogP contribution in [0.1, 0.15) is 47.0 Å². The summed E-state index contributed by atoms with van der Waals surface area (Å²) in [5.41, 5.74) is 0.689. The van der Waals surface area contributed by atoms with Gasteiger partial charge in [0.15, 0.2) is 0 Å². The number of hydrogen-bond acceptors (Lipinski definition) is 4. The molecule has 0 amide bonds. The van der Waals surface area contributed by atoms with Gasteiger partial charge in [0.05, 0.1) is 22.4 Å². The normalized spacial score (nSPS) is 20.9. The summed E-state index contributed by atoms with van der Waals surface area (Å²) in [5, 5.41) is 5.77. The Balaban J connectivity index is 0.00000167. The Hall–Kier alpha value is -2.48. The summed E-state index contributed by atoms with van der Waals surface area (Å²) in [7, 11) is 0. The summed E-state index contributed by atoms with van der Waals surface area (Å²) in [6, 6.07) is 11.1. The third-order valence-electron chi connectivity index (χ3n) is 6.34. The number of alkyl halides is 3. The molecule has 2 aromatic rings. The largest absolute Gasteiger partial charge is 0.490 e. The molecule has 0 aromatic heterocycles. The van der Waals surface area contributed by atoms with Crippen LogP contribution in [-0.2, 0) is 0 Å². The van der Waals surface area contributed by atoms with Crippen molar-refractivity contribution in [2.75, 3.05) is 23.0 Å². The van der Waals surface area contributed by atoms with Gasteiger partial charge in [0.25, 0.3) is 0 Å². The smallest absolute Gasteiger partial charge is 0.431 e. The fourth-order valence-electron chi connectivity index (χ4n) is 4.59. The number of piperidine rings is 1. The molecule has 2 aliphatic heterocycles. The number of benzene rings is 2. The van der Waals surface area contributed by atoms with Gasteiger partial charge in [-0.05, 0) is 48.9 Å². The molecule has 2 atom stereocenters. The minimum Gasteiger partial charge on any atom is -0.490 e. The molecule has 1 saturated heterocycles. The number of hydrogen-bond donors (Lipinski definition) is 0. The molecular formula is C26H32ClF4N3O. The van der Waals surface area contributed by atoms with Crippen LogP contribution in [0.5, 0.6) is 5.75 Å². The molecule has 2 heterocycles. The number of halogens is 5. The maximum Gasteiger partial charge on any atom is 0.431 e. The van der Waals surface area contributed by atoms with Crippen molar-refractivity contribution in [1.29, 1.82) is 0 Å². The lowest BCUT2D eigenvalue weighted by molar-refractivity contribution is -0.0620. The average molecular weight is 514 g/mol. The standard InChI is InChI=1S/C24H26ClF4N3O.C2H6/c1-3-21-15(2)23(24(27,28)29)30-32(21)17-5-7-18(8-6-17)33-19-10-12-31(13-11-19)22-9-4-16(26)14-20(22)25;1-2/h4-9,14-15,19,21H,3,10-13H2,1-2H3;1-2H3/t15?,21-;/m0./s1. The molecule has 1 fully saturated rings. The van der Waals surface area contributed by atoms with Crippen molar-refractivity contribution in [2.45, 2.75) is 65.3 Å². The monoisotopic (exact) mass is 513 g/mol. The van der Waals surface area contributed by atoms with Crippen LogP contribution in [-0.4, -0.2) is 37.1 Å². The van der Waals surface area contributed by atoms with E-state index in [0.29, 0.717) is 22.9 Å². The van der Waals surface area contributed by atoms with E-state index in [9.17, 15) is 17.6 Å². The lowest BCUT2D eigenvalue weighted by Gasteiger charge is -2.34. The zero-order valence-electron chi connectivity index (χ0n) is 20.4. The number of anilines is 2. The molecule has 0 saturated carbocycles. The zero-order valence-corrected chi connectivity index (χ0v) is 21.2. The van der Waals surface area contributed by atoms with Crippen molar-refractivity contribution in [3.8, 4) is 5.75 Å². The van der Waals surface area contributed by atoms with Crippen LogP contribution in [0.2, 0.25) is 5.02 Å². The van der Waals surface area contributed by atoms with Crippen LogP contribution in [0.15, 0.2) is 47.6 Å². The molecule has 1 unspecified atom stereocenters. The highest BCUT2D eigenvalue weighted by atomic mass is 35.5. The molecule has 192 valence electrons. The van der Waals surface area contributed by atoms with Gasteiger partial charge in [-0.1, -0.05) is 39.3 Å². The van der Waals surface area contributed by atoms with Gasteiger partial charge in [-0.3, -0.25) is 5.01 Å². The Labute approximate surface area is 209 Å². The van der Waals surface area contributed by atoms with Crippen molar-refractivity contribution in [3.05, 3.63) is 53.3 Å². The summed E-state index contributed by atoms with van der Waals surface area (Å²) >= 11 is 6.17. The lowest BCUT2D eigenvalue weighted by atomic mass is 9.95. The number of ether oxygens (including phenoxy) is 1. The van der Waals surface area contributed by atoms with E-state index in [2.05, 4.69) is 10.0 Å². The Morgan fingerprint density at radius 2 is 1.69 bits per heavy atom. The van der Waals surface area contributed by atoms with Gasteiger partial charge in [0, 0.05) is 31.8 Å². The Kier molecular flexibility index (Phi) is 8.91. The van der Waals surface area contributed by atoms with Gasteiger partial charge in [-0.15, -0.1) is 0 Å².